The Morgan fingerprint density at radius 2 is 1.42 bits per heavy atom. The molecular formula is C25H24O6. The van der Waals surface area contributed by atoms with E-state index in [-0.39, 0.29) is 11.5 Å². The highest BCUT2D eigenvalue weighted by atomic mass is 16.5. The monoisotopic (exact) mass is 420 g/mol. The lowest BCUT2D eigenvalue weighted by Crippen LogP contribution is -2.05. The highest BCUT2D eigenvalue weighted by Crippen LogP contribution is 2.40. The fourth-order valence-electron chi connectivity index (χ4n) is 3.20. The summed E-state index contributed by atoms with van der Waals surface area (Å²) in [4.78, 5) is 13.6. The van der Waals surface area contributed by atoms with Crippen molar-refractivity contribution in [3.63, 3.8) is 0 Å². The van der Waals surface area contributed by atoms with Crippen LogP contribution in [0.2, 0.25) is 0 Å². The van der Waals surface area contributed by atoms with Crippen LogP contribution < -0.4 is 18.9 Å². The fraction of sp³-hybridized carbons (Fsp3) is 0.160. The molecule has 0 saturated carbocycles. The molecule has 0 heterocycles. The van der Waals surface area contributed by atoms with Gasteiger partial charge < -0.3 is 24.1 Å². The molecule has 6 nitrogen and oxygen atoms in total. The number of para-hydroxylation sites is 1. The third-order valence-electron chi connectivity index (χ3n) is 4.79. The molecule has 0 amide bonds. The maximum absolute atomic E-state index is 13.6. The molecular weight excluding hydrogens is 396 g/mol. The lowest BCUT2D eigenvalue weighted by atomic mass is 9.93. The number of Topliss-reactive ketones (excluding diaryl/α,β-unsaturated/α-hetero) is 1. The van der Waals surface area contributed by atoms with Crippen LogP contribution in [-0.2, 0) is 0 Å². The molecule has 0 aliphatic rings. The van der Waals surface area contributed by atoms with Crippen molar-refractivity contribution in [2.75, 3.05) is 28.4 Å². The van der Waals surface area contributed by atoms with E-state index in [0.717, 1.165) is 5.56 Å². The second-order valence-electron chi connectivity index (χ2n) is 6.59. The first-order valence-electron chi connectivity index (χ1n) is 9.51. The van der Waals surface area contributed by atoms with E-state index in [9.17, 15) is 9.90 Å². The van der Waals surface area contributed by atoms with Crippen molar-refractivity contribution in [2.24, 2.45) is 0 Å². The van der Waals surface area contributed by atoms with Crippen LogP contribution in [0.5, 0.6) is 28.7 Å². The zero-order valence-electron chi connectivity index (χ0n) is 17.8. The summed E-state index contributed by atoms with van der Waals surface area (Å²) in [6.07, 6.45) is 1.72. The van der Waals surface area contributed by atoms with Gasteiger partial charge in [-0.05, 0) is 42.0 Å². The lowest BCUT2D eigenvalue weighted by Gasteiger charge is -2.15. The SMILES string of the molecule is COc1ccc(/C=C(/C(=O)c2cc(OC)c(OC)c(OC)c2)c2ccccc2O)cc1. The summed E-state index contributed by atoms with van der Waals surface area (Å²) in [5.74, 6) is 1.53. The van der Waals surface area contributed by atoms with E-state index in [1.54, 1.807) is 61.7 Å². The smallest absolute Gasteiger partial charge is 0.203 e. The minimum absolute atomic E-state index is 0.00283. The van der Waals surface area contributed by atoms with Gasteiger partial charge in [0, 0.05) is 16.7 Å². The summed E-state index contributed by atoms with van der Waals surface area (Å²) in [5, 5.41) is 10.4. The standard InChI is InChI=1S/C25H24O6/c1-28-18-11-9-16(10-12-18)13-20(19-7-5-6-8-21(19)26)24(27)17-14-22(29-2)25(31-4)23(15-17)30-3/h5-15,26H,1-4H3/b20-13+. The predicted molar refractivity (Wildman–Crippen MR) is 119 cm³/mol. The molecule has 3 rings (SSSR count). The Balaban J connectivity index is 2.17. The van der Waals surface area contributed by atoms with Crippen molar-refractivity contribution >= 4 is 17.4 Å². The molecule has 31 heavy (non-hydrogen) atoms. The number of ether oxygens (including phenoxy) is 4. The third-order valence-corrected chi connectivity index (χ3v) is 4.79. The van der Waals surface area contributed by atoms with Gasteiger partial charge in [0.1, 0.15) is 11.5 Å². The van der Waals surface area contributed by atoms with Gasteiger partial charge in [-0.15, -0.1) is 0 Å². The molecule has 0 aliphatic carbocycles. The number of benzene rings is 3. The quantitative estimate of drug-likeness (QED) is 0.319. The minimum atomic E-state index is -0.309. The second kappa shape index (κ2) is 9.71. The van der Waals surface area contributed by atoms with E-state index in [1.807, 2.05) is 12.1 Å². The molecule has 0 bridgehead atoms. The van der Waals surface area contributed by atoms with Gasteiger partial charge in [0.15, 0.2) is 17.3 Å². The van der Waals surface area contributed by atoms with Crippen LogP contribution in [0.3, 0.4) is 0 Å². The van der Waals surface area contributed by atoms with Gasteiger partial charge in [0.25, 0.3) is 0 Å². The Labute approximate surface area is 181 Å². The average Bonchev–Trinajstić information content (AvgIpc) is 2.82. The first kappa shape index (κ1) is 21.8. The summed E-state index contributed by atoms with van der Waals surface area (Å²) in [7, 11) is 6.07. The number of methoxy groups -OCH3 is 4. The number of carbonyl (C=O) groups excluding carboxylic acids is 1. The van der Waals surface area contributed by atoms with Gasteiger partial charge in [-0.25, -0.2) is 0 Å². The van der Waals surface area contributed by atoms with Crippen LogP contribution in [0.15, 0.2) is 60.7 Å². The van der Waals surface area contributed by atoms with Crippen LogP contribution in [-0.4, -0.2) is 39.3 Å². The van der Waals surface area contributed by atoms with Gasteiger partial charge in [-0.3, -0.25) is 4.79 Å². The molecule has 0 aliphatic heterocycles. The van der Waals surface area contributed by atoms with E-state index in [0.29, 0.717) is 39.7 Å². The molecule has 0 saturated heterocycles. The summed E-state index contributed by atoms with van der Waals surface area (Å²) >= 11 is 0. The Kier molecular flexibility index (Phi) is 6.82. The van der Waals surface area contributed by atoms with Gasteiger partial charge in [-0.2, -0.15) is 0 Å². The van der Waals surface area contributed by atoms with E-state index in [2.05, 4.69) is 0 Å². The minimum Gasteiger partial charge on any atom is -0.507 e. The number of carbonyl (C=O) groups is 1. The maximum Gasteiger partial charge on any atom is 0.203 e. The van der Waals surface area contributed by atoms with Crippen molar-refractivity contribution in [3.8, 4) is 28.7 Å². The maximum atomic E-state index is 13.6. The molecule has 0 atom stereocenters. The van der Waals surface area contributed by atoms with E-state index in [1.165, 1.54) is 21.3 Å². The Hall–Kier alpha value is -3.93. The first-order valence-corrected chi connectivity index (χ1v) is 9.51. The highest BCUT2D eigenvalue weighted by Gasteiger charge is 2.22. The van der Waals surface area contributed by atoms with Gasteiger partial charge in [-0.1, -0.05) is 30.3 Å². The number of aromatic hydroxyl groups is 1. The van der Waals surface area contributed by atoms with Crippen molar-refractivity contribution in [2.45, 2.75) is 0 Å². The van der Waals surface area contributed by atoms with Gasteiger partial charge in [0.05, 0.1) is 28.4 Å². The Morgan fingerprint density at radius 3 is 1.94 bits per heavy atom. The molecule has 160 valence electrons. The molecule has 0 spiro atoms. The fourth-order valence-corrected chi connectivity index (χ4v) is 3.20. The van der Waals surface area contributed by atoms with Gasteiger partial charge >= 0.3 is 0 Å². The van der Waals surface area contributed by atoms with Crippen LogP contribution in [0, 0.1) is 0 Å². The molecule has 3 aromatic rings. The number of rotatable bonds is 8. The third kappa shape index (κ3) is 4.64. The van der Waals surface area contributed by atoms with E-state index < -0.39 is 0 Å². The largest absolute Gasteiger partial charge is 0.507 e. The molecule has 3 aromatic carbocycles. The molecule has 0 aromatic heterocycles. The average molecular weight is 420 g/mol. The Morgan fingerprint density at radius 1 is 0.806 bits per heavy atom. The number of ketones is 1. The van der Waals surface area contributed by atoms with Crippen LogP contribution >= 0.6 is 0 Å². The topological polar surface area (TPSA) is 74.2 Å². The summed E-state index contributed by atoms with van der Waals surface area (Å²) in [6, 6.07) is 17.2. The number of allylic oxidation sites excluding steroid dienone is 1. The van der Waals surface area contributed by atoms with E-state index >= 15 is 0 Å². The molecule has 1 N–H and O–H groups in total. The normalized spacial score (nSPS) is 11.0. The second-order valence-corrected chi connectivity index (χ2v) is 6.59. The molecule has 0 fully saturated rings. The van der Waals surface area contributed by atoms with Crippen LogP contribution in [0.1, 0.15) is 21.5 Å². The number of hydrogen-bond acceptors (Lipinski definition) is 6. The summed E-state index contributed by atoms with van der Waals surface area (Å²) < 4.78 is 21.3. The molecule has 0 radical (unpaired) electrons. The van der Waals surface area contributed by atoms with Crippen LogP contribution in [0.25, 0.3) is 11.6 Å². The zero-order valence-corrected chi connectivity index (χ0v) is 17.8. The van der Waals surface area contributed by atoms with Crippen molar-refractivity contribution in [3.05, 3.63) is 77.4 Å². The van der Waals surface area contributed by atoms with Gasteiger partial charge in [0.2, 0.25) is 5.75 Å². The van der Waals surface area contributed by atoms with Crippen molar-refractivity contribution < 1.29 is 28.8 Å². The van der Waals surface area contributed by atoms with Crippen molar-refractivity contribution in [1.29, 1.82) is 0 Å². The number of phenols is 1. The first-order chi connectivity index (χ1) is 15.0. The zero-order chi connectivity index (χ0) is 22.4. The summed E-state index contributed by atoms with van der Waals surface area (Å²) in [6.45, 7) is 0. The summed E-state index contributed by atoms with van der Waals surface area (Å²) in [5.41, 5.74) is 1.84. The lowest BCUT2D eigenvalue weighted by molar-refractivity contribution is 0.105. The molecule has 6 heteroatoms. The Bertz CT molecular complexity index is 1070. The van der Waals surface area contributed by atoms with Crippen molar-refractivity contribution in [1.82, 2.24) is 0 Å². The number of phenolic OH excluding ortho intramolecular Hbond substituents is 1. The van der Waals surface area contributed by atoms with Crippen LogP contribution in [0.4, 0.5) is 0 Å². The molecule has 0 unspecified atom stereocenters. The highest BCUT2D eigenvalue weighted by molar-refractivity contribution is 6.33. The number of hydrogen-bond donors (Lipinski definition) is 1. The van der Waals surface area contributed by atoms with E-state index in [4.69, 9.17) is 18.9 Å². The predicted octanol–water partition coefficient (Wildman–Crippen LogP) is 4.85.